The fraction of sp³-hybridized carbons (Fsp3) is 0.318. The predicted molar refractivity (Wildman–Crippen MR) is 109 cm³/mol. The number of nitrogens with zero attached hydrogens (tertiary/aromatic N) is 2. The van der Waals surface area contributed by atoms with Crippen LogP contribution in [0.15, 0.2) is 60.1 Å². The lowest BCUT2D eigenvalue weighted by atomic mass is 9.95. The summed E-state index contributed by atoms with van der Waals surface area (Å²) in [6.45, 7) is 3.27. The van der Waals surface area contributed by atoms with Crippen LogP contribution in [0.2, 0.25) is 0 Å². The molecule has 4 heteroatoms. The van der Waals surface area contributed by atoms with Gasteiger partial charge in [-0.15, -0.1) is 11.3 Å². The molecule has 0 amide bonds. The Morgan fingerprint density at radius 1 is 1.19 bits per heavy atom. The van der Waals surface area contributed by atoms with E-state index in [0.29, 0.717) is 5.92 Å². The molecule has 0 unspecified atom stereocenters. The summed E-state index contributed by atoms with van der Waals surface area (Å²) >= 11 is 1.83. The van der Waals surface area contributed by atoms with E-state index in [2.05, 4.69) is 34.6 Å². The number of carbonyl (C=O) groups is 1. The van der Waals surface area contributed by atoms with E-state index >= 15 is 0 Å². The van der Waals surface area contributed by atoms with Crippen LogP contribution in [-0.2, 0) is 13.6 Å². The number of piperidine rings is 1. The van der Waals surface area contributed by atoms with Gasteiger partial charge in [0.05, 0.1) is 0 Å². The van der Waals surface area contributed by atoms with Gasteiger partial charge in [0.2, 0.25) is 0 Å². The highest BCUT2D eigenvalue weighted by molar-refractivity contribution is 7.09. The number of carbonyl (C=O) groups excluding carboxylic acids is 1. The Labute approximate surface area is 158 Å². The third-order valence-electron chi connectivity index (χ3n) is 5.27. The Kier molecular flexibility index (Phi) is 5.05. The topological polar surface area (TPSA) is 25.2 Å². The van der Waals surface area contributed by atoms with Gasteiger partial charge in [0.15, 0.2) is 5.78 Å². The van der Waals surface area contributed by atoms with Crippen LogP contribution in [-0.4, -0.2) is 28.3 Å². The van der Waals surface area contributed by atoms with Gasteiger partial charge in [-0.3, -0.25) is 9.69 Å². The summed E-state index contributed by atoms with van der Waals surface area (Å²) in [5, 5.41) is 3.18. The molecule has 3 nitrogen and oxygen atoms in total. The molecule has 1 aliphatic rings. The van der Waals surface area contributed by atoms with Crippen LogP contribution in [0.25, 0.3) is 10.9 Å². The minimum atomic E-state index is 0.114. The molecule has 2 aromatic heterocycles. The number of thiophene rings is 1. The Morgan fingerprint density at radius 2 is 2.00 bits per heavy atom. The van der Waals surface area contributed by atoms with E-state index in [1.54, 1.807) is 6.08 Å². The van der Waals surface area contributed by atoms with Crippen LogP contribution in [0.4, 0.5) is 0 Å². The minimum absolute atomic E-state index is 0.114. The van der Waals surface area contributed by atoms with E-state index < -0.39 is 0 Å². The number of para-hydroxylation sites is 1. The van der Waals surface area contributed by atoms with Crippen molar-refractivity contribution in [2.45, 2.75) is 19.4 Å². The molecule has 1 saturated heterocycles. The van der Waals surface area contributed by atoms with Crippen LogP contribution >= 0.6 is 11.3 Å². The molecule has 0 saturated carbocycles. The van der Waals surface area contributed by atoms with E-state index in [1.165, 1.54) is 4.88 Å². The summed E-state index contributed by atoms with van der Waals surface area (Å²) in [5.74, 6) is 0.622. The average Bonchev–Trinajstić information content (AvgIpc) is 3.29. The van der Waals surface area contributed by atoms with Gasteiger partial charge in [0.1, 0.15) is 0 Å². The molecule has 0 atom stereocenters. The number of aryl methyl sites for hydroxylation is 1. The monoisotopic (exact) mass is 364 g/mol. The number of aromatic nitrogens is 1. The van der Waals surface area contributed by atoms with Crippen LogP contribution in [0.1, 0.15) is 28.1 Å². The lowest BCUT2D eigenvalue weighted by Gasteiger charge is -2.30. The first-order valence-electron chi connectivity index (χ1n) is 9.22. The maximum atomic E-state index is 12.7. The number of ketones is 1. The molecule has 1 fully saturated rings. The second kappa shape index (κ2) is 7.60. The van der Waals surface area contributed by atoms with Gasteiger partial charge < -0.3 is 4.57 Å². The number of hydrogen-bond donors (Lipinski definition) is 0. The van der Waals surface area contributed by atoms with Crippen molar-refractivity contribution >= 4 is 28.0 Å². The largest absolute Gasteiger partial charge is 0.350 e. The molecule has 1 aliphatic heterocycles. The Bertz CT molecular complexity index is 915. The highest BCUT2D eigenvalue weighted by Crippen LogP contribution is 2.24. The Morgan fingerprint density at radius 3 is 2.77 bits per heavy atom. The van der Waals surface area contributed by atoms with Crippen LogP contribution in [0.5, 0.6) is 0 Å². The van der Waals surface area contributed by atoms with Gasteiger partial charge in [0, 0.05) is 41.1 Å². The summed E-state index contributed by atoms with van der Waals surface area (Å²) in [6, 6.07) is 12.4. The van der Waals surface area contributed by atoms with Crippen molar-refractivity contribution in [3.63, 3.8) is 0 Å². The normalized spacial score (nSPS) is 16.7. The third-order valence-corrected chi connectivity index (χ3v) is 6.14. The molecule has 0 spiro atoms. The summed E-state index contributed by atoms with van der Waals surface area (Å²) in [5.41, 5.74) is 1.90. The minimum Gasteiger partial charge on any atom is -0.350 e. The third kappa shape index (κ3) is 3.67. The fourth-order valence-electron chi connectivity index (χ4n) is 3.78. The van der Waals surface area contributed by atoms with Crippen LogP contribution < -0.4 is 0 Å². The van der Waals surface area contributed by atoms with Crippen molar-refractivity contribution in [2.75, 3.05) is 13.1 Å². The number of rotatable bonds is 5. The van der Waals surface area contributed by atoms with E-state index in [1.807, 2.05) is 47.3 Å². The first-order valence-corrected chi connectivity index (χ1v) is 10.1. The predicted octanol–water partition coefficient (Wildman–Crippen LogP) is 4.89. The Hall–Kier alpha value is -2.17. The number of hydrogen-bond acceptors (Lipinski definition) is 3. The molecule has 0 bridgehead atoms. The lowest BCUT2D eigenvalue weighted by Crippen LogP contribution is -2.32. The zero-order valence-electron chi connectivity index (χ0n) is 15.1. The number of fused-ring (bicyclic) bond motifs is 1. The molecule has 26 heavy (non-hydrogen) atoms. The smallest absolute Gasteiger partial charge is 0.187 e. The SMILES string of the molecule is Cn1cc(C(=O)/C=C/C2CCN(Cc3cccs3)CC2)c2ccccc21. The molecule has 1 aromatic carbocycles. The van der Waals surface area contributed by atoms with Crippen molar-refractivity contribution in [3.05, 3.63) is 70.6 Å². The van der Waals surface area contributed by atoms with Gasteiger partial charge in [-0.05, 0) is 55.4 Å². The molecule has 4 rings (SSSR count). The van der Waals surface area contributed by atoms with E-state index in [-0.39, 0.29) is 5.78 Å². The Balaban J connectivity index is 1.37. The molecule has 0 radical (unpaired) electrons. The van der Waals surface area contributed by atoms with Crippen molar-refractivity contribution in [3.8, 4) is 0 Å². The highest BCUT2D eigenvalue weighted by Gasteiger charge is 2.18. The van der Waals surface area contributed by atoms with Gasteiger partial charge in [-0.25, -0.2) is 0 Å². The molecular formula is C22H24N2OS. The molecule has 0 N–H and O–H groups in total. The van der Waals surface area contributed by atoms with Crippen molar-refractivity contribution in [2.24, 2.45) is 13.0 Å². The highest BCUT2D eigenvalue weighted by atomic mass is 32.1. The second-order valence-corrected chi connectivity index (χ2v) is 8.12. The van der Waals surface area contributed by atoms with E-state index in [0.717, 1.165) is 48.9 Å². The number of allylic oxidation sites excluding steroid dienone is 2. The fourth-order valence-corrected chi connectivity index (χ4v) is 4.52. The summed E-state index contributed by atoms with van der Waals surface area (Å²) in [7, 11) is 1.99. The standard InChI is InChI=1S/C22H24N2OS/c1-23-16-20(19-6-2-3-7-21(19)23)22(25)9-8-17-10-12-24(13-11-17)15-18-5-4-14-26-18/h2-9,14,16-17H,10-13,15H2,1H3/b9-8+. The van der Waals surface area contributed by atoms with E-state index in [4.69, 9.17) is 0 Å². The molecule has 3 heterocycles. The molecule has 134 valence electrons. The molecule has 3 aromatic rings. The average molecular weight is 365 g/mol. The number of likely N-dealkylation sites (tertiary alicyclic amines) is 1. The maximum absolute atomic E-state index is 12.7. The van der Waals surface area contributed by atoms with Crippen LogP contribution in [0, 0.1) is 5.92 Å². The first kappa shape index (κ1) is 17.3. The molecular weight excluding hydrogens is 340 g/mol. The summed E-state index contributed by atoms with van der Waals surface area (Å²) < 4.78 is 2.03. The van der Waals surface area contributed by atoms with Gasteiger partial charge in [-0.2, -0.15) is 0 Å². The van der Waals surface area contributed by atoms with Crippen molar-refractivity contribution in [1.82, 2.24) is 9.47 Å². The van der Waals surface area contributed by atoms with E-state index in [9.17, 15) is 4.79 Å². The lowest BCUT2D eigenvalue weighted by molar-refractivity contribution is 0.104. The quantitative estimate of drug-likeness (QED) is 0.476. The van der Waals surface area contributed by atoms with Crippen LogP contribution in [0.3, 0.4) is 0 Å². The van der Waals surface area contributed by atoms with Gasteiger partial charge >= 0.3 is 0 Å². The van der Waals surface area contributed by atoms with Gasteiger partial charge in [-0.1, -0.05) is 30.3 Å². The zero-order chi connectivity index (χ0) is 17.9. The number of benzene rings is 1. The summed E-state index contributed by atoms with van der Waals surface area (Å²) in [6.07, 6.45) is 8.13. The van der Waals surface area contributed by atoms with Gasteiger partial charge in [0.25, 0.3) is 0 Å². The molecule has 0 aliphatic carbocycles. The van der Waals surface area contributed by atoms with Crippen molar-refractivity contribution in [1.29, 1.82) is 0 Å². The first-order chi connectivity index (χ1) is 12.7. The summed E-state index contributed by atoms with van der Waals surface area (Å²) in [4.78, 5) is 16.6. The second-order valence-electron chi connectivity index (χ2n) is 7.09. The van der Waals surface area contributed by atoms with Crippen molar-refractivity contribution < 1.29 is 4.79 Å². The zero-order valence-corrected chi connectivity index (χ0v) is 15.9. The maximum Gasteiger partial charge on any atom is 0.187 e.